The molecule has 0 atom stereocenters. The van der Waals surface area contributed by atoms with Gasteiger partial charge in [-0.3, -0.25) is 4.90 Å². The minimum Gasteiger partial charge on any atom is -0.346 e. The van der Waals surface area contributed by atoms with Crippen LogP contribution in [0.1, 0.15) is 22.4 Å². The summed E-state index contributed by atoms with van der Waals surface area (Å²) in [6.07, 6.45) is 3.47. The van der Waals surface area contributed by atoms with Gasteiger partial charge in [0.15, 0.2) is 0 Å². The summed E-state index contributed by atoms with van der Waals surface area (Å²) >= 11 is 0. The van der Waals surface area contributed by atoms with Crippen LogP contribution < -0.4 is 0 Å². The fourth-order valence-corrected chi connectivity index (χ4v) is 4.44. The number of aromatic nitrogens is 1. The molecule has 0 fully saturated rings. The fourth-order valence-electron chi connectivity index (χ4n) is 4.44. The van der Waals surface area contributed by atoms with Crippen molar-refractivity contribution in [3.8, 4) is 11.1 Å². The summed E-state index contributed by atoms with van der Waals surface area (Å²) < 4.78 is 2.48. The topological polar surface area (TPSA) is 8.17 Å². The zero-order valence-electron chi connectivity index (χ0n) is 16.7. The molecule has 0 spiro atoms. The average molecular weight is 379 g/mol. The predicted molar refractivity (Wildman–Crippen MR) is 120 cm³/mol. The van der Waals surface area contributed by atoms with Gasteiger partial charge in [0.2, 0.25) is 0 Å². The van der Waals surface area contributed by atoms with E-state index in [0.717, 1.165) is 32.6 Å². The van der Waals surface area contributed by atoms with Crippen molar-refractivity contribution in [3.63, 3.8) is 0 Å². The SMILES string of the molecule is c1ccc(CN2CCc3c(c(-c4ccccc4)cn3Cc3ccccc3)C2)cc1. The van der Waals surface area contributed by atoms with Crippen molar-refractivity contribution in [1.82, 2.24) is 9.47 Å². The fraction of sp³-hybridized carbons (Fsp3) is 0.185. The van der Waals surface area contributed by atoms with Gasteiger partial charge in [-0.15, -0.1) is 0 Å². The Kier molecular flexibility index (Phi) is 5.02. The summed E-state index contributed by atoms with van der Waals surface area (Å²) in [5, 5.41) is 0. The molecule has 5 rings (SSSR count). The Bertz CT molecular complexity index is 1070. The molecule has 0 bridgehead atoms. The van der Waals surface area contributed by atoms with Crippen molar-refractivity contribution >= 4 is 0 Å². The van der Waals surface area contributed by atoms with Gasteiger partial charge in [0.1, 0.15) is 0 Å². The van der Waals surface area contributed by atoms with E-state index in [9.17, 15) is 0 Å². The second-order valence-electron chi connectivity index (χ2n) is 7.89. The van der Waals surface area contributed by atoms with Crippen molar-refractivity contribution < 1.29 is 0 Å². The highest BCUT2D eigenvalue weighted by Gasteiger charge is 2.24. The minimum atomic E-state index is 0.939. The third-order valence-corrected chi connectivity index (χ3v) is 5.88. The normalized spacial score (nSPS) is 13.9. The maximum atomic E-state index is 2.58. The van der Waals surface area contributed by atoms with Gasteiger partial charge in [0.25, 0.3) is 0 Å². The minimum absolute atomic E-state index is 0.939. The van der Waals surface area contributed by atoms with Gasteiger partial charge in [0.05, 0.1) is 0 Å². The Labute approximate surface area is 173 Å². The lowest BCUT2D eigenvalue weighted by molar-refractivity contribution is 0.243. The quantitative estimate of drug-likeness (QED) is 0.428. The molecule has 0 saturated carbocycles. The van der Waals surface area contributed by atoms with Gasteiger partial charge in [0, 0.05) is 50.1 Å². The molecule has 2 heterocycles. The molecule has 1 aliphatic heterocycles. The molecule has 1 aliphatic rings. The van der Waals surface area contributed by atoms with Gasteiger partial charge in [-0.05, 0) is 22.3 Å². The highest BCUT2D eigenvalue weighted by Crippen LogP contribution is 2.33. The summed E-state index contributed by atoms with van der Waals surface area (Å²) in [7, 11) is 0. The third kappa shape index (κ3) is 3.90. The van der Waals surface area contributed by atoms with Crippen LogP contribution in [-0.2, 0) is 26.1 Å². The van der Waals surface area contributed by atoms with Gasteiger partial charge in [-0.25, -0.2) is 0 Å². The van der Waals surface area contributed by atoms with Crippen molar-refractivity contribution in [2.24, 2.45) is 0 Å². The molecule has 29 heavy (non-hydrogen) atoms. The highest BCUT2D eigenvalue weighted by atomic mass is 15.1. The summed E-state index contributed by atoms with van der Waals surface area (Å²) in [5.41, 5.74) is 8.44. The van der Waals surface area contributed by atoms with E-state index in [1.54, 1.807) is 0 Å². The largest absolute Gasteiger partial charge is 0.346 e. The van der Waals surface area contributed by atoms with E-state index in [-0.39, 0.29) is 0 Å². The second-order valence-corrected chi connectivity index (χ2v) is 7.89. The van der Waals surface area contributed by atoms with Crippen LogP contribution in [0.2, 0.25) is 0 Å². The van der Waals surface area contributed by atoms with E-state index in [1.165, 1.54) is 33.5 Å². The molecule has 144 valence electrons. The molecule has 2 nitrogen and oxygen atoms in total. The molecule has 0 amide bonds. The third-order valence-electron chi connectivity index (χ3n) is 5.88. The lowest BCUT2D eigenvalue weighted by Crippen LogP contribution is -2.30. The summed E-state index contributed by atoms with van der Waals surface area (Å²) in [4.78, 5) is 2.58. The standard InChI is InChI=1S/C27H26N2/c1-4-10-22(11-5-1)18-28-17-16-27-26(20-28)25(24-14-8-3-9-15-24)21-29(27)19-23-12-6-2-7-13-23/h1-15,21H,16-20H2. The number of hydrogen-bond acceptors (Lipinski definition) is 1. The Balaban J connectivity index is 1.49. The van der Waals surface area contributed by atoms with E-state index in [4.69, 9.17) is 0 Å². The molecule has 0 saturated heterocycles. The molecule has 2 heteroatoms. The van der Waals surface area contributed by atoms with Gasteiger partial charge in [-0.1, -0.05) is 91.0 Å². The van der Waals surface area contributed by atoms with Crippen LogP contribution in [0, 0.1) is 0 Å². The van der Waals surface area contributed by atoms with Crippen LogP contribution in [0.3, 0.4) is 0 Å². The first-order chi connectivity index (χ1) is 14.4. The Hall–Kier alpha value is -3.10. The lowest BCUT2D eigenvalue weighted by Gasteiger charge is -2.29. The zero-order chi connectivity index (χ0) is 19.5. The van der Waals surface area contributed by atoms with Crippen LogP contribution in [0.15, 0.2) is 97.2 Å². The van der Waals surface area contributed by atoms with E-state index < -0.39 is 0 Å². The van der Waals surface area contributed by atoms with Gasteiger partial charge in [-0.2, -0.15) is 0 Å². The first-order valence-electron chi connectivity index (χ1n) is 10.4. The van der Waals surface area contributed by atoms with Gasteiger partial charge < -0.3 is 4.57 Å². The lowest BCUT2D eigenvalue weighted by atomic mass is 9.98. The van der Waals surface area contributed by atoms with Crippen molar-refractivity contribution in [2.75, 3.05) is 6.54 Å². The van der Waals surface area contributed by atoms with Crippen LogP contribution in [0.5, 0.6) is 0 Å². The van der Waals surface area contributed by atoms with E-state index >= 15 is 0 Å². The van der Waals surface area contributed by atoms with Crippen LogP contribution in [0.4, 0.5) is 0 Å². The molecule has 1 aromatic heterocycles. The molecule has 0 aliphatic carbocycles. The molecular weight excluding hydrogens is 352 g/mol. The molecule has 0 radical (unpaired) electrons. The number of fused-ring (bicyclic) bond motifs is 1. The first kappa shape index (κ1) is 18.0. The molecule has 0 unspecified atom stereocenters. The van der Waals surface area contributed by atoms with Crippen molar-refractivity contribution in [1.29, 1.82) is 0 Å². The Morgan fingerprint density at radius 3 is 1.90 bits per heavy atom. The first-order valence-corrected chi connectivity index (χ1v) is 10.4. The van der Waals surface area contributed by atoms with E-state index in [1.807, 2.05) is 0 Å². The molecular formula is C27H26N2. The molecule has 4 aromatic rings. The molecule has 3 aromatic carbocycles. The van der Waals surface area contributed by atoms with Crippen LogP contribution in [0.25, 0.3) is 11.1 Å². The Morgan fingerprint density at radius 2 is 1.24 bits per heavy atom. The number of nitrogens with zero attached hydrogens (tertiary/aromatic N) is 2. The van der Waals surface area contributed by atoms with Crippen LogP contribution >= 0.6 is 0 Å². The number of benzene rings is 3. The second kappa shape index (κ2) is 8.10. The predicted octanol–water partition coefficient (Wildman–Crippen LogP) is 5.76. The Morgan fingerprint density at radius 1 is 0.655 bits per heavy atom. The molecule has 0 N–H and O–H groups in total. The summed E-state index contributed by atoms with van der Waals surface area (Å²) in [6.45, 7) is 4.07. The van der Waals surface area contributed by atoms with Gasteiger partial charge >= 0.3 is 0 Å². The average Bonchev–Trinajstić information content (AvgIpc) is 3.13. The van der Waals surface area contributed by atoms with Crippen LogP contribution in [-0.4, -0.2) is 16.0 Å². The summed E-state index contributed by atoms with van der Waals surface area (Å²) in [5.74, 6) is 0. The van der Waals surface area contributed by atoms with Crippen molar-refractivity contribution in [2.45, 2.75) is 26.1 Å². The number of rotatable bonds is 5. The zero-order valence-corrected chi connectivity index (χ0v) is 16.7. The van der Waals surface area contributed by atoms with Crippen molar-refractivity contribution in [3.05, 3.63) is 120 Å². The maximum absolute atomic E-state index is 2.58. The van der Waals surface area contributed by atoms with E-state index in [0.29, 0.717) is 0 Å². The number of hydrogen-bond donors (Lipinski definition) is 0. The smallest absolute Gasteiger partial charge is 0.0473 e. The van der Waals surface area contributed by atoms with E-state index in [2.05, 4.69) is 107 Å². The summed E-state index contributed by atoms with van der Waals surface area (Å²) in [6, 6.07) is 32.5. The highest BCUT2D eigenvalue weighted by molar-refractivity contribution is 5.69. The monoisotopic (exact) mass is 378 g/mol. The maximum Gasteiger partial charge on any atom is 0.0473 e.